The van der Waals surface area contributed by atoms with Gasteiger partial charge in [0.15, 0.2) is 5.82 Å². The summed E-state index contributed by atoms with van der Waals surface area (Å²) in [4.78, 5) is 22.5. The molecule has 0 bridgehead atoms. The van der Waals surface area contributed by atoms with Gasteiger partial charge in [-0.15, -0.1) is 0 Å². The predicted molar refractivity (Wildman–Crippen MR) is 124 cm³/mol. The summed E-state index contributed by atoms with van der Waals surface area (Å²) < 4.78 is 20.3. The molecule has 0 atom stereocenters. The molecule has 7 heteroatoms. The molecule has 0 aromatic carbocycles. The zero-order chi connectivity index (χ0) is 23.3. The largest absolute Gasteiger partial charge is 0.481 e. The number of rotatable bonds is 9. The van der Waals surface area contributed by atoms with E-state index < -0.39 is 11.8 Å². The lowest BCUT2D eigenvalue weighted by molar-refractivity contribution is -0.136. The molecule has 3 heterocycles. The molecule has 0 amide bonds. The molecule has 0 radical (unpaired) electrons. The lowest BCUT2D eigenvalue weighted by Crippen LogP contribution is -2.38. The number of anilines is 1. The summed E-state index contributed by atoms with van der Waals surface area (Å²) in [6.45, 7) is 10.5. The number of ether oxygens (including phenoxy) is 1. The fourth-order valence-electron chi connectivity index (χ4n) is 4.11. The van der Waals surface area contributed by atoms with Crippen LogP contribution in [0.3, 0.4) is 0 Å². The quantitative estimate of drug-likeness (QED) is 0.522. The topological polar surface area (TPSA) is 75.5 Å². The molecule has 3 rings (SSSR count). The van der Waals surface area contributed by atoms with Crippen LogP contribution >= 0.6 is 0 Å². The second kappa shape index (κ2) is 10.3. The summed E-state index contributed by atoms with van der Waals surface area (Å²) in [5.74, 6) is -1.44. The Balaban J connectivity index is 1.98. The monoisotopic (exact) mass is 443 g/mol. The summed E-state index contributed by atoms with van der Waals surface area (Å²) >= 11 is 0. The van der Waals surface area contributed by atoms with Crippen molar-refractivity contribution in [1.82, 2.24) is 9.97 Å². The van der Waals surface area contributed by atoms with E-state index in [4.69, 9.17) is 4.74 Å². The third-order valence-corrected chi connectivity index (χ3v) is 6.23. The number of piperidine rings is 1. The zero-order valence-electron chi connectivity index (χ0n) is 19.6. The molecule has 1 aliphatic heterocycles. The highest BCUT2D eigenvalue weighted by atomic mass is 19.1. The van der Waals surface area contributed by atoms with Crippen molar-refractivity contribution in [3.63, 3.8) is 0 Å². The number of pyridine rings is 2. The van der Waals surface area contributed by atoms with Gasteiger partial charge in [-0.3, -0.25) is 9.78 Å². The van der Waals surface area contributed by atoms with Crippen molar-refractivity contribution < 1.29 is 19.0 Å². The Labute approximate surface area is 189 Å². The number of unbranched alkanes of at least 4 members (excludes halogenated alkanes) is 2. The van der Waals surface area contributed by atoms with Gasteiger partial charge in [0.05, 0.1) is 18.7 Å². The van der Waals surface area contributed by atoms with Gasteiger partial charge in [-0.2, -0.15) is 0 Å². The van der Waals surface area contributed by atoms with Crippen molar-refractivity contribution in [3.8, 4) is 17.0 Å². The van der Waals surface area contributed by atoms with E-state index >= 15 is 0 Å². The third-order valence-electron chi connectivity index (χ3n) is 6.23. The van der Waals surface area contributed by atoms with E-state index in [0.29, 0.717) is 29.0 Å². The Morgan fingerprint density at radius 2 is 1.94 bits per heavy atom. The average Bonchev–Trinajstić information content (AvgIpc) is 2.73. The minimum Gasteiger partial charge on any atom is -0.481 e. The molecule has 2 aromatic heterocycles. The molecular formula is C25H34FN3O3. The standard InChI is InChI=1S/C25H34FN3O3/c1-5-6-7-12-32-24-21(26)13-18(15-28-24)20-16-27-17(2)19(14-22(30)31)23(20)29-10-8-25(3,4)9-11-29/h13,15-16H,5-12,14H2,1-4H3,(H,30,31). The molecule has 6 nitrogen and oxygen atoms in total. The summed E-state index contributed by atoms with van der Waals surface area (Å²) in [7, 11) is 0. The van der Waals surface area contributed by atoms with Gasteiger partial charge in [-0.05, 0) is 37.7 Å². The zero-order valence-corrected chi connectivity index (χ0v) is 19.6. The number of halogens is 1. The highest BCUT2D eigenvalue weighted by Gasteiger charge is 2.29. The molecule has 1 saturated heterocycles. The maximum Gasteiger partial charge on any atom is 0.307 e. The Kier molecular flexibility index (Phi) is 7.69. The summed E-state index contributed by atoms with van der Waals surface area (Å²) in [5, 5.41) is 9.52. The Morgan fingerprint density at radius 3 is 2.56 bits per heavy atom. The molecule has 174 valence electrons. The number of nitrogens with zero attached hydrogens (tertiary/aromatic N) is 3. The van der Waals surface area contributed by atoms with E-state index in [0.717, 1.165) is 50.9 Å². The number of carbonyl (C=O) groups is 1. The normalized spacial score (nSPS) is 15.6. The number of aliphatic carboxylic acids is 1. The lowest BCUT2D eigenvalue weighted by Gasteiger charge is -2.40. The minimum absolute atomic E-state index is 0.00282. The van der Waals surface area contributed by atoms with Crippen molar-refractivity contribution in [2.45, 2.75) is 66.2 Å². The first-order chi connectivity index (χ1) is 15.2. The average molecular weight is 444 g/mol. The second-order valence-corrected chi connectivity index (χ2v) is 9.37. The first-order valence-corrected chi connectivity index (χ1v) is 11.5. The van der Waals surface area contributed by atoms with Crippen LogP contribution in [0.2, 0.25) is 0 Å². The van der Waals surface area contributed by atoms with Gasteiger partial charge in [0, 0.05) is 47.9 Å². The Bertz CT molecular complexity index is 952. The Morgan fingerprint density at radius 1 is 1.22 bits per heavy atom. The number of carboxylic acids is 1. The molecule has 1 N–H and O–H groups in total. The maximum absolute atomic E-state index is 14.8. The number of hydrogen-bond donors (Lipinski definition) is 1. The second-order valence-electron chi connectivity index (χ2n) is 9.37. The van der Waals surface area contributed by atoms with Gasteiger partial charge in [-0.1, -0.05) is 33.6 Å². The van der Waals surface area contributed by atoms with E-state index in [2.05, 4.69) is 35.6 Å². The number of aromatic nitrogens is 2. The van der Waals surface area contributed by atoms with E-state index in [9.17, 15) is 14.3 Å². The van der Waals surface area contributed by atoms with E-state index in [1.165, 1.54) is 6.07 Å². The highest BCUT2D eigenvalue weighted by molar-refractivity contribution is 5.84. The van der Waals surface area contributed by atoms with Gasteiger partial charge >= 0.3 is 5.97 Å². The first kappa shape index (κ1) is 24.0. The predicted octanol–water partition coefficient (Wildman–Crippen LogP) is 5.41. The van der Waals surface area contributed by atoms with Gasteiger partial charge in [0.2, 0.25) is 5.88 Å². The molecule has 0 unspecified atom stereocenters. The fourth-order valence-corrected chi connectivity index (χ4v) is 4.11. The summed E-state index contributed by atoms with van der Waals surface area (Å²) in [5.41, 5.74) is 3.71. The van der Waals surface area contributed by atoms with E-state index in [1.807, 2.05) is 6.92 Å². The molecule has 1 aliphatic rings. The van der Waals surface area contributed by atoms with Gasteiger partial charge in [0.25, 0.3) is 0 Å². The van der Waals surface area contributed by atoms with Gasteiger partial charge < -0.3 is 14.7 Å². The molecule has 0 aliphatic carbocycles. The van der Waals surface area contributed by atoms with Crippen LogP contribution in [0.15, 0.2) is 18.5 Å². The number of aryl methyl sites for hydroxylation is 1. The van der Waals surface area contributed by atoms with E-state index in [-0.39, 0.29) is 17.7 Å². The van der Waals surface area contributed by atoms with Crippen molar-refractivity contribution in [2.75, 3.05) is 24.6 Å². The number of carboxylic acid groups (broad SMARTS) is 1. The SMILES string of the molecule is CCCCCOc1ncc(-c2cnc(C)c(CC(=O)O)c2N2CCC(C)(C)CC2)cc1F. The van der Waals surface area contributed by atoms with Crippen LogP contribution in [0.1, 0.15) is 64.1 Å². The molecule has 0 spiro atoms. The maximum atomic E-state index is 14.8. The van der Waals surface area contributed by atoms with Crippen LogP contribution in [0.25, 0.3) is 11.1 Å². The summed E-state index contributed by atoms with van der Waals surface area (Å²) in [6.07, 6.45) is 8.10. The molecular weight excluding hydrogens is 409 g/mol. The van der Waals surface area contributed by atoms with E-state index in [1.54, 1.807) is 12.4 Å². The lowest BCUT2D eigenvalue weighted by atomic mass is 9.82. The van der Waals surface area contributed by atoms with Crippen LogP contribution in [-0.2, 0) is 11.2 Å². The highest BCUT2D eigenvalue weighted by Crippen LogP contribution is 2.40. The minimum atomic E-state index is -0.911. The first-order valence-electron chi connectivity index (χ1n) is 11.5. The fraction of sp³-hybridized carbons (Fsp3) is 0.560. The molecule has 2 aromatic rings. The van der Waals surface area contributed by atoms with Gasteiger partial charge in [0.1, 0.15) is 0 Å². The molecule has 0 saturated carbocycles. The van der Waals surface area contributed by atoms with Crippen molar-refractivity contribution in [2.24, 2.45) is 5.41 Å². The van der Waals surface area contributed by atoms with Crippen LogP contribution in [0.5, 0.6) is 5.88 Å². The van der Waals surface area contributed by atoms with Crippen LogP contribution < -0.4 is 9.64 Å². The third kappa shape index (κ3) is 5.75. The van der Waals surface area contributed by atoms with Gasteiger partial charge in [-0.25, -0.2) is 9.37 Å². The molecule has 1 fully saturated rings. The van der Waals surface area contributed by atoms with Crippen LogP contribution in [0.4, 0.5) is 10.1 Å². The molecule has 32 heavy (non-hydrogen) atoms. The van der Waals surface area contributed by atoms with Crippen molar-refractivity contribution >= 4 is 11.7 Å². The number of hydrogen-bond acceptors (Lipinski definition) is 5. The summed E-state index contributed by atoms with van der Waals surface area (Å²) in [6, 6.07) is 1.41. The Hall–Kier alpha value is -2.70. The van der Waals surface area contributed by atoms with Crippen LogP contribution in [0, 0.1) is 18.2 Å². The van der Waals surface area contributed by atoms with Crippen molar-refractivity contribution in [3.05, 3.63) is 35.5 Å². The van der Waals surface area contributed by atoms with Crippen molar-refractivity contribution in [1.29, 1.82) is 0 Å². The van der Waals surface area contributed by atoms with Crippen LogP contribution in [-0.4, -0.2) is 40.7 Å². The smallest absolute Gasteiger partial charge is 0.307 e.